The van der Waals surface area contributed by atoms with Crippen molar-refractivity contribution < 1.29 is 18.1 Å². The molecule has 0 aliphatic carbocycles. The van der Waals surface area contributed by atoms with Crippen LogP contribution in [0.4, 0.5) is 0 Å². The molecule has 6 heteroatoms. The largest absolute Gasteiger partial charge is 0.474 e. The average Bonchev–Trinajstić information content (AvgIpc) is 2.32. The number of hydrogen-bond donors (Lipinski definition) is 0. The van der Waals surface area contributed by atoms with Crippen molar-refractivity contribution in [2.24, 2.45) is 0 Å². The van der Waals surface area contributed by atoms with Gasteiger partial charge in [-0.25, -0.2) is 4.57 Å². The first-order chi connectivity index (χ1) is 7.61. The first-order valence-corrected chi connectivity index (χ1v) is 7.25. The highest BCUT2D eigenvalue weighted by molar-refractivity contribution is 7.48. The van der Waals surface area contributed by atoms with Crippen LogP contribution in [0.3, 0.4) is 0 Å². The smallest absolute Gasteiger partial charge is 0.302 e. The summed E-state index contributed by atoms with van der Waals surface area (Å²) in [5.41, 5.74) is 0. The van der Waals surface area contributed by atoms with Crippen LogP contribution in [0.25, 0.3) is 0 Å². The van der Waals surface area contributed by atoms with Crippen LogP contribution in [0.1, 0.15) is 27.2 Å². The number of nitrogens with zero attached hydrogens (tertiary/aromatic N) is 1. The first kappa shape index (κ1) is 16.1. The van der Waals surface area contributed by atoms with Gasteiger partial charge in [0, 0.05) is 13.7 Å². The predicted molar refractivity (Wildman–Crippen MR) is 64.6 cm³/mol. The maximum atomic E-state index is 11.8. The molecule has 0 saturated heterocycles. The minimum atomic E-state index is -3.32. The Hall–Kier alpha value is 0.0700. The zero-order chi connectivity index (χ0) is 12.4. The third-order valence-electron chi connectivity index (χ3n) is 2.23. The van der Waals surface area contributed by atoms with Crippen LogP contribution < -0.4 is 0 Å². The molecule has 98 valence electrons. The van der Waals surface area contributed by atoms with Crippen LogP contribution in [0.5, 0.6) is 0 Å². The number of phosphoric acid groups is 1. The molecule has 0 aromatic rings. The molecule has 0 N–H and O–H groups in total. The van der Waals surface area contributed by atoms with Crippen molar-refractivity contribution in [3.05, 3.63) is 0 Å². The summed E-state index contributed by atoms with van der Waals surface area (Å²) >= 11 is 0. The molecule has 5 nitrogen and oxygen atoms in total. The highest BCUT2D eigenvalue weighted by Crippen LogP contribution is 2.48. The number of hydrogen-bond acceptors (Lipinski definition) is 5. The van der Waals surface area contributed by atoms with E-state index in [-0.39, 0.29) is 0 Å². The summed E-state index contributed by atoms with van der Waals surface area (Å²) in [4.78, 5) is 2.18. The van der Waals surface area contributed by atoms with Gasteiger partial charge in [0.1, 0.15) is 0 Å². The van der Waals surface area contributed by atoms with E-state index in [4.69, 9.17) is 13.6 Å². The van der Waals surface area contributed by atoms with E-state index in [0.29, 0.717) is 13.2 Å². The number of rotatable bonds is 10. The first-order valence-electron chi connectivity index (χ1n) is 5.79. The fraction of sp³-hybridized carbons (Fsp3) is 1.00. The molecule has 0 amide bonds. The van der Waals surface area contributed by atoms with Crippen LogP contribution in [0, 0.1) is 0 Å². The van der Waals surface area contributed by atoms with E-state index in [1.807, 2.05) is 6.92 Å². The minimum absolute atomic E-state index is 0.358. The second kappa shape index (κ2) is 9.14. The molecule has 0 fully saturated rings. The normalized spacial score (nSPS) is 15.3. The topological polar surface area (TPSA) is 48.0 Å². The van der Waals surface area contributed by atoms with Crippen molar-refractivity contribution in [2.75, 3.05) is 40.0 Å². The molecule has 0 aliphatic rings. The van der Waals surface area contributed by atoms with Gasteiger partial charge < -0.3 is 4.90 Å². The molecular weight excluding hydrogens is 229 g/mol. The van der Waals surface area contributed by atoms with E-state index in [2.05, 4.69) is 18.7 Å². The van der Waals surface area contributed by atoms with Gasteiger partial charge in [-0.3, -0.25) is 13.6 Å². The van der Waals surface area contributed by atoms with Crippen LogP contribution >= 0.6 is 7.82 Å². The predicted octanol–water partition coefficient (Wildman–Crippen LogP) is 2.53. The Morgan fingerprint density at radius 1 is 1.06 bits per heavy atom. The van der Waals surface area contributed by atoms with E-state index in [1.54, 1.807) is 0 Å². The Morgan fingerprint density at radius 2 is 1.62 bits per heavy atom. The molecule has 0 saturated carbocycles. The fourth-order valence-electron chi connectivity index (χ4n) is 1.17. The molecule has 0 aromatic carbocycles. The Kier molecular flexibility index (Phi) is 9.18. The van der Waals surface area contributed by atoms with Crippen molar-refractivity contribution >= 4 is 7.82 Å². The molecule has 1 unspecified atom stereocenters. The zero-order valence-electron chi connectivity index (χ0n) is 10.8. The van der Waals surface area contributed by atoms with E-state index >= 15 is 0 Å². The maximum absolute atomic E-state index is 11.8. The van der Waals surface area contributed by atoms with Crippen molar-refractivity contribution in [1.82, 2.24) is 4.90 Å². The lowest BCUT2D eigenvalue weighted by molar-refractivity contribution is 0.118. The van der Waals surface area contributed by atoms with E-state index < -0.39 is 7.82 Å². The molecule has 0 radical (unpaired) electrons. The monoisotopic (exact) mass is 253 g/mol. The summed E-state index contributed by atoms with van der Waals surface area (Å²) < 4.78 is 26.8. The average molecular weight is 253 g/mol. The molecular formula is C10H24NO4P. The van der Waals surface area contributed by atoms with Gasteiger partial charge in [0.05, 0.1) is 13.2 Å². The third kappa shape index (κ3) is 6.61. The molecule has 0 spiro atoms. The standard InChI is InChI=1S/C10H24NO4P/c1-5-9-14-16(12,13-4)15-10-8-11(6-2)7-3/h5-10H2,1-4H3. The van der Waals surface area contributed by atoms with E-state index in [0.717, 1.165) is 26.1 Å². The second-order valence-corrected chi connectivity index (χ2v) is 5.10. The maximum Gasteiger partial charge on any atom is 0.474 e. The highest BCUT2D eigenvalue weighted by atomic mass is 31.2. The molecule has 0 bridgehead atoms. The minimum Gasteiger partial charge on any atom is -0.302 e. The number of phosphoric ester groups is 1. The van der Waals surface area contributed by atoms with Gasteiger partial charge in [-0.1, -0.05) is 20.8 Å². The van der Waals surface area contributed by atoms with Crippen LogP contribution in [0.2, 0.25) is 0 Å². The Balaban J connectivity index is 3.89. The van der Waals surface area contributed by atoms with Crippen LogP contribution in [-0.4, -0.2) is 44.9 Å². The third-order valence-corrected chi connectivity index (χ3v) is 3.67. The van der Waals surface area contributed by atoms with Crippen molar-refractivity contribution in [1.29, 1.82) is 0 Å². The van der Waals surface area contributed by atoms with Gasteiger partial charge >= 0.3 is 7.82 Å². The summed E-state index contributed by atoms with van der Waals surface area (Å²) in [7, 11) is -1.98. The number of likely N-dealkylation sites (N-methyl/N-ethyl adjacent to an activating group) is 1. The molecule has 1 atom stereocenters. The SMILES string of the molecule is CCCOP(=O)(OC)OCCN(CC)CC. The van der Waals surface area contributed by atoms with Gasteiger partial charge in [-0.15, -0.1) is 0 Å². The van der Waals surface area contributed by atoms with Gasteiger partial charge in [0.15, 0.2) is 0 Å². The fourth-order valence-corrected chi connectivity index (χ4v) is 2.16. The Bertz CT molecular complexity index is 209. The van der Waals surface area contributed by atoms with Crippen LogP contribution in [0.15, 0.2) is 0 Å². The van der Waals surface area contributed by atoms with Gasteiger partial charge in [-0.2, -0.15) is 0 Å². The summed E-state index contributed by atoms with van der Waals surface area (Å²) in [5.74, 6) is 0. The molecule has 16 heavy (non-hydrogen) atoms. The van der Waals surface area contributed by atoms with Crippen LogP contribution in [-0.2, 0) is 18.1 Å². The second-order valence-electron chi connectivity index (χ2n) is 3.32. The van der Waals surface area contributed by atoms with E-state index in [1.165, 1.54) is 7.11 Å². The summed E-state index contributed by atoms with van der Waals surface area (Å²) in [5, 5.41) is 0. The molecule has 0 heterocycles. The van der Waals surface area contributed by atoms with Gasteiger partial charge in [0.25, 0.3) is 0 Å². The zero-order valence-corrected chi connectivity index (χ0v) is 11.7. The van der Waals surface area contributed by atoms with Gasteiger partial charge in [0.2, 0.25) is 0 Å². The summed E-state index contributed by atoms with van der Waals surface area (Å²) in [6.07, 6.45) is 0.784. The van der Waals surface area contributed by atoms with E-state index in [9.17, 15) is 4.57 Å². The highest BCUT2D eigenvalue weighted by Gasteiger charge is 2.24. The molecule has 0 aromatic heterocycles. The molecule has 0 aliphatic heterocycles. The van der Waals surface area contributed by atoms with Crippen molar-refractivity contribution in [3.8, 4) is 0 Å². The quantitative estimate of drug-likeness (QED) is 0.560. The molecule has 0 rings (SSSR count). The van der Waals surface area contributed by atoms with Crippen molar-refractivity contribution in [3.63, 3.8) is 0 Å². The Labute approximate surface area is 98.7 Å². The lowest BCUT2D eigenvalue weighted by Crippen LogP contribution is -2.26. The lowest BCUT2D eigenvalue weighted by atomic mass is 10.5. The van der Waals surface area contributed by atoms with Crippen molar-refractivity contribution in [2.45, 2.75) is 27.2 Å². The lowest BCUT2D eigenvalue weighted by Gasteiger charge is -2.20. The van der Waals surface area contributed by atoms with Gasteiger partial charge in [-0.05, 0) is 19.5 Å². The summed E-state index contributed by atoms with van der Waals surface area (Å²) in [6.45, 7) is 9.47. The summed E-state index contributed by atoms with van der Waals surface area (Å²) in [6, 6.07) is 0. The Morgan fingerprint density at radius 3 is 2.06 bits per heavy atom.